The molecule has 1 fully saturated rings. The van der Waals surface area contributed by atoms with Crippen molar-refractivity contribution >= 4 is 11.7 Å². The zero-order chi connectivity index (χ0) is 12.3. The highest BCUT2D eigenvalue weighted by atomic mass is 16.5. The van der Waals surface area contributed by atoms with Gasteiger partial charge < -0.3 is 4.74 Å². The highest BCUT2D eigenvalue weighted by molar-refractivity contribution is 5.94. The van der Waals surface area contributed by atoms with Crippen molar-refractivity contribution in [3.63, 3.8) is 0 Å². The SMILES string of the molecule is C=CC1COC(=NCC)N1c1ccc(C)cc1. The first kappa shape index (κ1) is 11.7. The van der Waals surface area contributed by atoms with Crippen LogP contribution in [0.5, 0.6) is 0 Å². The van der Waals surface area contributed by atoms with Crippen LogP contribution in [0.2, 0.25) is 0 Å². The van der Waals surface area contributed by atoms with Crippen molar-refractivity contribution in [3.05, 3.63) is 42.5 Å². The van der Waals surface area contributed by atoms with E-state index in [2.05, 4.69) is 47.7 Å². The maximum Gasteiger partial charge on any atom is 0.292 e. The molecule has 1 heterocycles. The molecule has 0 aliphatic carbocycles. The van der Waals surface area contributed by atoms with Gasteiger partial charge in [0, 0.05) is 12.2 Å². The third-order valence-electron chi connectivity index (χ3n) is 2.80. The van der Waals surface area contributed by atoms with Gasteiger partial charge in [-0.2, -0.15) is 0 Å². The Morgan fingerprint density at radius 3 is 2.76 bits per heavy atom. The van der Waals surface area contributed by atoms with Crippen LogP contribution in [0.4, 0.5) is 5.69 Å². The highest BCUT2D eigenvalue weighted by Crippen LogP contribution is 2.24. The predicted octanol–water partition coefficient (Wildman–Crippen LogP) is 2.76. The van der Waals surface area contributed by atoms with Crippen LogP contribution in [-0.2, 0) is 4.74 Å². The summed E-state index contributed by atoms with van der Waals surface area (Å²) < 4.78 is 5.60. The van der Waals surface area contributed by atoms with Crippen LogP contribution < -0.4 is 4.90 Å². The second kappa shape index (κ2) is 5.04. The fraction of sp³-hybridized carbons (Fsp3) is 0.357. The van der Waals surface area contributed by atoms with Crippen LogP contribution >= 0.6 is 0 Å². The number of amidine groups is 1. The molecule has 3 heteroatoms. The Kier molecular flexibility index (Phi) is 3.47. The van der Waals surface area contributed by atoms with Gasteiger partial charge in [-0.1, -0.05) is 23.8 Å². The number of anilines is 1. The molecule has 90 valence electrons. The Bertz CT molecular complexity index is 422. The summed E-state index contributed by atoms with van der Waals surface area (Å²) in [5.41, 5.74) is 2.35. The van der Waals surface area contributed by atoms with Gasteiger partial charge in [-0.05, 0) is 26.0 Å². The molecule has 0 saturated carbocycles. The van der Waals surface area contributed by atoms with E-state index < -0.39 is 0 Å². The summed E-state index contributed by atoms with van der Waals surface area (Å²) in [6.45, 7) is 9.28. The molecule has 3 nitrogen and oxygen atoms in total. The van der Waals surface area contributed by atoms with E-state index in [0.29, 0.717) is 12.6 Å². The number of hydrogen-bond acceptors (Lipinski definition) is 2. The normalized spacial score (nSPS) is 21.6. The van der Waals surface area contributed by atoms with Gasteiger partial charge in [0.05, 0.1) is 6.04 Å². The lowest BCUT2D eigenvalue weighted by molar-refractivity contribution is 0.338. The predicted molar refractivity (Wildman–Crippen MR) is 71.6 cm³/mol. The van der Waals surface area contributed by atoms with Crippen LogP contribution in [0.3, 0.4) is 0 Å². The lowest BCUT2D eigenvalue weighted by Gasteiger charge is -2.21. The molecular weight excluding hydrogens is 212 g/mol. The Morgan fingerprint density at radius 1 is 1.47 bits per heavy atom. The average Bonchev–Trinajstić information content (AvgIpc) is 2.74. The summed E-state index contributed by atoms with van der Waals surface area (Å²) in [6.07, 6.45) is 1.90. The number of hydrogen-bond donors (Lipinski definition) is 0. The van der Waals surface area contributed by atoms with Gasteiger partial charge in [-0.3, -0.25) is 4.90 Å². The van der Waals surface area contributed by atoms with E-state index in [4.69, 9.17) is 4.74 Å². The zero-order valence-corrected chi connectivity index (χ0v) is 10.4. The summed E-state index contributed by atoms with van der Waals surface area (Å²) in [4.78, 5) is 6.47. The molecule has 0 amide bonds. The molecule has 1 aliphatic rings. The molecule has 1 unspecified atom stereocenters. The van der Waals surface area contributed by atoms with Crippen LogP contribution in [-0.4, -0.2) is 25.2 Å². The number of rotatable bonds is 3. The van der Waals surface area contributed by atoms with Crippen molar-refractivity contribution in [2.75, 3.05) is 18.1 Å². The van der Waals surface area contributed by atoms with Gasteiger partial charge >= 0.3 is 0 Å². The highest BCUT2D eigenvalue weighted by Gasteiger charge is 2.29. The van der Waals surface area contributed by atoms with Crippen molar-refractivity contribution in [1.29, 1.82) is 0 Å². The first-order valence-electron chi connectivity index (χ1n) is 5.92. The van der Waals surface area contributed by atoms with Crippen LogP contribution in [0, 0.1) is 6.92 Å². The number of benzene rings is 1. The number of ether oxygens (including phenoxy) is 1. The number of aliphatic imine (C=N–C) groups is 1. The summed E-state index contributed by atoms with van der Waals surface area (Å²) in [7, 11) is 0. The van der Waals surface area contributed by atoms with Crippen molar-refractivity contribution in [2.24, 2.45) is 4.99 Å². The van der Waals surface area contributed by atoms with Gasteiger partial charge in [-0.25, -0.2) is 4.99 Å². The van der Waals surface area contributed by atoms with E-state index in [-0.39, 0.29) is 6.04 Å². The summed E-state index contributed by atoms with van der Waals surface area (Å²) in [6, 6.07) is 9.23. The second-order valence-corrected chi connectivity index (χ2v) is 4.08. The van der Waals surface area contributed by atoms with Crippen molar-refractivity contribution in [2.45, 2.75) is 19.9 Å². The third kappa shape index (κ3) is 2.33. The Labute approximate surface area is 102 Å². The molecule has 1 atom stereocenters. The molecule has 0 aromatic heterocycles. The summed E-state index contributed by atoms with van der Waals surface area (Å²) >= 11 is 0. The van der Waals surface area contributed by atoms with Gasteiger partial charge in [0.25, 0.3) is 6.02 Å². The molecule has 1 aromatic carbocycles. The quantitative estimate of drug-likeness (QED) is 0.746. The van der Waals surface area contributed by atoms with E-state index in [0.717, 1.165) is 12.2 Å². The molecule has 1 aliphatic heterocycles. The van der Waals surface area contributed by atoms with Gasteiger partial charge in [-0.15, -0.1) is 6.58 Å². The molecule has 0 radical (unpaired) electrons. The molecule has 0 N–H and O–H groups in total. The average molecular weight is 230 g/mol. The van der Waals surface area contributed by atoms with E-state index in [1.807, 2.05) is 13.0 Å². The Balaban J connectivity index is 2.34. The molecule has 0 spiro atoms. The maximum atomic E-state index is 5.60. The van der Waals surface area contributed by atoms with Gasteiger partial charge in [0.1, 0.15) is 6.61 Å². The summed E-state index contributed by atoms with van der Waals surface area (Å²) in [5.74, 6) is 0. The fourth-order valence-corrected chi connectivity index (χ4v) is 1.88. The minimum Gasteiger partial charge on any atom is -0.462 e. The largest absolute Gasteiger partial charge is 0.462 e. The molecule has 17 heavy (non-hydrogen) atoms. The first-order valence-corrected chi connectivity index (χ1v) is 5.92. The topological polar surface area (TPSA) is 24.8 Å². The molecule has 1 aromatic rings. The minimum atomic E-state index is 0.169. The molecule has 1 saturated heterocycles. The number of nitrogens with zero attached hydrogens (tertiary/aromatic N) is 2. The molecule has 2 rings (SSSR count). The monoisotopic (exact) mass is 230 g/mol. The minimum absolute atomic E-state index is 0.169. The summed E-state index contributed by atoms with van der Waals surface area (Å²) in [5, 5.41) is 0. The standard InChI is InChI=1S/C14H18N2O/c1-4-12-10-17-14(15-5-2)16(12)13-8-6-11(3)7-9-13/h4,6-9,12H,1,5,10H2,2-3H3. The second-order valence-electron chi connectivity index (χ2n) is 4.08. The van der Waals surface area contributed by atoms with Crippen LogP contribution in [0.25, 0.3) is 0 Å². The van der Waals surface area contributed by atoms with Gasteiger partial charge in [0.2, 0.25) is 0 Å². The van der Waals surface area contributed by atoms with E-state index in [1.165, 1.54) is 5.56 Å². The first-order chi connectivity index (χ1) is 8.26. The van der Waals surface area contributed by atoms with E-state index >= 15 is 0 Å². The Morgan fingerprint density at radius 2 is 2.18 bits per heavy atom. The van der Waals surface area contributed by atoms with E-state index in [1.54, 1.807) is 0 Å². The van der Waals surface area contributed by atoms with Crippen LogP contribution in [0.1, 0.15) is 12.5 Å². The van der Waals surface area contributed by atoms with Crippen molar-refractivity contribution in [1.82, 2.24) is 0 Å². The fourth-order valence-electron chi connectivity index (χ4n) is 1.88. The smallest absolute Gasteiger partial charge is 0.292 e. The maximum absolute atomic E-state index is 5.60. The van der Waals surface area contributed by atoms with E-state index in [9.17, 15) is 0 Å². The molecular formula is C14H18N2O. The lowest BCUT2D eigenvalue weighted by atomic mass is 10.2. The van der Waals surface area contributed by atoms with Gasteiger partial charge in [0.15, 0.2) is 0 Å². The third-order valence-corrected chi connectivity index (χ3v) is 2.80. The Hall–Kier alpha value is -1.77. The molecule has 0 bridgehead atoms. The zero-order valence-electron chi connectivity index (χ0n) is 10.4. The van der Waals surface area contributed by atoms with Crippen molar-refractivity contribution < 1.29 is 4.74 Å². The van der Waals surface area contributed by atoms with Crippen LogP contribution in [0.15, 0.2) is 41.9 Å². The lowest BCUT2D eigenvalue weighted by Crippen LogP contribution is -2.32. The number of aryl methyl sites for hydroxylation is 1. The van der Waals surface area contributed by atoms with Crippen molar-refractivity contribution in [3.8, 4) is 0 Å².